The number of nitrogens with zero attached hydrogens (tertiary/aromatic N) is 2. The van der Waals surface area contributed by atoms with Crippen LogP contribution in [-0.2, 0) is 11.3 Å². The normalized spacial score (nSPS) is 20.8. The summed E-state index contributed by atoms with van der Waals surface area (Å²) in [4.78, 5) is 29.3. The van der Waals surface area contributed by atoms with E-state index in [0.717, 1.165) is 24.6 Å². The molecule has 1 N–H and O–H groups in total. The van der Waals surface area contributed by atoms with Crippen molar-refractivity contribution < 1.29 is 9.21 Å². The van der Waals surface area contributed by atoms with Crippen LogP contribution in [0.25, 0.3) is 22.1 Å². The number of hydrogen-bond acceptors (Lipinski definition) is 4. The molecular weight excluding hydrogens is 318 g/mol. The van der Waals surface area contributed by atoms with E-state index in [1.807, 2.05) is 18.2 Å². The summed E-state index contributed by atoms with van der Waals surface area (Å²) in [5, 5.41) is 3.87. The van der Waals surface area contributed by atoms with E-state index >= 15 is 0 Å². The van der Waals surface area contributed by atoms with Gasteiger partial charge in [-0.05, 0) is 30.9 Å². The van der Waals surface area contributed by atoms with Crippen LogP contribution in [-0.4, -0.2) is 21.5 Å². The number of aromatic nitrogens is 2. The third-order valence-corrected chi connectivity index (χ3v) is 5.12. The molecule has 1 amide bonds. The molecule has 0 aliphatic heterocycles. The van der Waals surface area contributed by atoms with Crippen molar-refractivity contribution in [2.24, 2.45) is 5.92 Å². The van der Waals surface area contributed by atoms with Gasteiger partial charge in [-0.25, -0.2) is 4.98 Å². The first-order valence-corrected chi connectivity index (χ1v) is 8.79. The first-order valence-electron chi connectivity index (χ1n) is 8.79. The predicted octanol–water partition coefficient (Wildman–Crippen LogP) is 2.84. The maximum Gasteiger partial charge on any atom is 0.297 e. The first kappa shape index (κ1) is 15.9. The molecule has 130 valence electrons. The summed E-state index contributed by atoms with van der Waals surface area (Å²) in [5.74, 6) is 0.323. The third-order valence-electron chi connectivity index (χ3n) is 5.12. The fourth-order valence-electron chi connectivity index (χ4n) is 3.67. The van der Waals surface area contributed by atoms with E-state index in [1.165, 1.54) is 17.3 Å². The number of amides is 1. The van der Waals surface area contributed by atoms with Gasteiger partial charge >= 0.3 is 0 Å². The minimum atomic E-state index is -0.326. The Labute approximate surface area is 144 Å². The number of nitrogens with one attached hydrogen (secondary N) is 1. The van der Waals surface area contributed by atoms with Crippen molar-refractivity contribution in [3.8, 4) is 0 Å². The molecule has 0 bridgehead atoms. The Morgan fingerprint density at radius 3 is 2.96 bits per heavy atom. The lowest BCUT2D eigenvalue weighted by Gasteiger charge is -2.29. The molecule has 0 radical (unpaired) electrons. The van der Waals surface area contributed by atoms with Gasteiger partial charge in [-0.15, -0.1) is 0 Å². The zero-order valence-corrected chi connectivity index (χ0v) is 14.2. The largest absolute Gasteiger partial charge is 0.448 e. The third kappa shape index (κ3) is 2.92. The van der Waals surface area contributed by atoms with Crippen LogP contribution in [0.2, 0.25) is 0 Å². The summed E-state index contributed by atoms with van der Waals surface area (Å²) in [6.45, 7) is 2.13. The molecular formula is C19H21N3O3. The molecule has 25 heavy (non-hydrogen) atoms. The zero-order chi connectivity index (χ0) is 17.4. The average Bonchev–Trinajstić information content (AvgIpc) is 2.99. The van der Waals surface area contributed by atoms with Crippen molar-refractivity contribution in [1.82, 2.24) is 14.9 Å². The minimum Gasteiger partial charge on any atom is -0.448 e. The number of carbonyl (C=O) groups is 1. The lowest BCUT2D eigenvalue weighted by atomic mass is 9.86. The van der Waals surface area contributed by atoms with E-state index in [9.17, 15) is 9.59 Å². The minimum absolute atomic E-state index is 0.0396. The topological polar surface area (TPSA) is 77.1 Å². The number of benzene rings is 1. The highest BCUT2D eigenvalue weighted by atomic mass is 16.3. The van der Waals surface area contributed by atoms with Crippen LogP contribution in [0.3, 0.4) is 0 Å². The van der Waals surface area contributed by atoms with E-state index in [1.54, 1.807) is 6.07 Å². The average molecular weight is 339 g/mol. The number of carbonyl (C=O) groups excluding carboxylic acids is 1. The van der Waals surface area contributed by atoms with Crippen molar-refractivity contribution in [2.75, 3.05) is 0 Å². The molecule has 3 aromatic rings. The van der Waals surface area contributed by atoms with Crippen LogP contribution in [0.15, 0.2) is 39.8 Å². The lowest BCUT2D eigenvalue weighted by molar-refractivity contribution is -0.123. The van der Waals surface area contributed by atoms with Gasteiger partial charge in [0.1, 0.15) is 17.6 Å². The van der Waals surface area contributed by atoms with E-state index in [2.05, 4.69) is 17.2 Å². The Hall–Kier alpha value is -2.63. The number of fused-ring (bicyclic) bond motifs is 3. The SMILES string of the molecule is C[C@H]1CCCC[C@H]1NC(=O)Cn1cnc2c(oc3ccccc32)c1=O. The van der Waals surface area contributed by atoms with Crippen LogP contribution in [0.1, 0.15) is 32.6 Å². The van der Waals surface area contributed by atoms with Crippen molar-refractivity contribution >= 4 is 28.0 Å². The van der Waals surface area contributed by atoms with Gasteiger partial charge in [0.05, 0.1) is 6.33 Å². The van der Waals surface area contributed by atoms with Gasteiger partial charge in [0.15, 0.2) is 0 Å². The van der Waals surface area contributed by atoms with Crippen LogP contribution >= 0.6 is 0 Å². The summed E-state index contributed by atoms with van der Waals surface area (Å²) in [7, 11) is 0. The fraction of sp³-hybridized carbons (Fsp3) is 0.421. The highest BCUT2D eigenvalue weighted by molar-refractivity contribution is 6.01. The van der Waals surface area contributed by atoms with Gasteiger partial charge in [0.2, 0.25) is 11.5 Å². The quantitative estimate of drug-likeness (QED) is 0.796. The number of para-hydroxylation sites is 1. The molecule has 6 nitrogen and oxygen atoms in total. The summed E-state index contributed by atoms with van der Waals surface area (Å²) in [5.41, 5.74) is 1.04. The second-order valence-corrected chi connectivity index (χ2v) is 6.89. The molecule has 2 heterocycles. The second-order valence-electron chi connectivity index (χ2n) is 6.89. The van der Waals surface area contributed by atoms with E-state index in [-0.39, 0.29) is 29.6 Å². The standard InChI is InChI=1S/C19H21N3O3/c1-12-6-2-4-8-14(12)21-16(23)10-22-11-20-17-13-7-3-5-9-15(13)25-18(17)19(22)24/h3,5,7,9,11-12,14H,2,4,6,8,10H2,1H3,(H,21,23)/t12-,14+/m0/s1. The molecule has 6 heteroatoms. The Kier molecular flexibility index (Phi) is 4.03. The molecule has 0 saturated heterocycles. The van der Waals surface area contributed by atoms with E-state index in [4.69, 9.17) is 4.42 Å². The predicted molar refractivity (Wildman–Crippen MR) is 95.3 cm³/mol. The lowest BCUT2D eigenvalue weighted by Crippen LogP contribution is -2.43. The molecule has 2 aromatic heterocycles. The smallest absolute Gasteiger partial charge is 0.297 e. The van der Waals surface area contributed by atoms with Crippen LogP contribution in [0.4, 0.5) is 0 Å². The number of hydrogen-bond donors (Lipinski definition) is 1. The maximum absolute atomic E-state index is 12.6. The fourth-order valence-corrected chi connectivity index (χ4v) is 3.67. The molecule has 0 unspecified atom stereocenters. The summed E-state index contributed by atoms with van der Waals surface area (Å²) < 4.78 is 6.96. The van der Waals surface area contributed by atoms with Gasteiger partial charge in [0, 0.05) is 11.4 Å². The van der Waals surface area contributed by atoms with Gasteiger partial charge in [-0.3, -0.25) is 14.2 Å². The van der Waals surface area contributed by atoms with Crippen molar-refractivity contribution in [3.05, 3.63) is 40.9 Å². The van der Waals surface area contributed by atoms with Crippen LogP contribution < -0.4 is 10.9 Å². The van der Waals surface area contributed by atoms with Crippen molar-refractivity contribution in [3.63, 3.8) is 0 Å². The monoisotopic (exact) mass is 339 g/mol. The molecule has 1 saturated carbocycles. The molecule has 1 fully saturated rings. The van der Waals surface area contributed by atoms with Gasteiger partial charge in [0.25, 0.3) is 5.56 Å². The van der Waals surface area contributed by atoms with E-state index in [0.29, 0.717) is 17.0 Å². The first-order chi connectivity index (χ1) is 12.1. The highest BCUT2D eigenvalue weighted by Gasteiger charge is 2.23. The second kappa shape index (κ2) is 6.35. The Bertz CT molecular complexity index is 988. The van der Waals surface area contributed by atoms with E-state index < -0.39 is 0 Å². The summed E-state index contributed by atoms with van der Waals surface area (Å²) in [6.07, 6.45) is 5.93. The Balaban J connectivity index is 1.59. The number of rotatable bonds is 3. The van der Waals surface area contributed by atoms with Crippen LogP contribution in [0.5, 0.6) is 0 Å². The summed E-state index contributed by atoms with van der Waals surface area (Å²) >= 11 is 0. The molecule has 1 aromatic carbocycles. The number of furan rings is 1. The molecule has 2 atom stereocenters. The highest BCUT2D eigenvalue weighted by Crippen LogP contribution is 2.25. The zero-order valence-electron chi connectivity index (χ0n) is 14.2. The molecule has 1 aliphatic carbocycles. The molecule has 4 rings (SSSR count). The molecule has 1 aliphatic rings. The Morgan fingerprint density at radius 1 is 1.32 bits per heavy atom. The van der Waals surface area contributed by atoms with Gasteiger partial charge in [-0.2, -0.15) is 0 Å². The summed E-state index contributed by atoms with van der Waals surface area (Å²) in [6, 6.07) is 7.60. The maximum atomic E-state index is 12.6. The van der Waals surface area contributed by atoms with Crippen molar-refractivity contribution in [1.29, 1.82) is 0 Å². The van der Waals surface area contributed by atoms with Gasteiger partial charge in [-0.1, -0.05) is 31.9 Å². The Morgan fingerprint density at radius 2 is 2.12 bits per heavy atom. The van der Waals surface area contributed by atoms with Gasteiger partial charge < -0.3 is 9.73 Å². The molecule has 0 spiro atoms. The van der Waals surface area contributed by atoms with Crippen molar-refractivity contribution in [2.45, 2.75) is 45.2 Å². The van der Waals surface area contributed by atoms with Crippen LogP contribution in [0, 0.1) is 5.92 Å².